The van der Waals surface area contributed by atoms with Gasteiger partial charge < -0.3 is 4.74 Å². The molecule has 4 heteroatoms. The summed E-state index contributed by atoms with van der Waals surface area (Å²) in [5.74, 6) is 0.0865. The van der Waals surface area contributed by atoms with Gasteiger partial charge in [-0.3, -0.25) is 9.59 Å². The minimum Gasteiger partial charge on any atom is -0.497 e. The maximum Gasteiger partial charge on any atom is 0.238 e. The van der Waals surface area contributed by atoms with Crippen molar-refractivity contribution in [2.75, 3.05) is 12.0 Å². The predicted molar refractivity (Wildman–Crippen MR) is 80.1 cm³/mol. The monoisotopic (exact) mass is 285 g/mol. The van der Waals surface area contributed by atoms with E-state index < -0.39 is 0 Å². The number of benzene rings is 1. The SMILES string of the molecule is COc1cccc(N2C(=O)[C@H]3CC(C)=C(C)C[C@@H]3C2=O)c1. The highest BCUT2D eigenvalue weighted by atomic mass is 16.5. The first-order chi connectivity index (χ1) is 10.0. The molecule has 2 amide bonds. The Morgan fingerprint density at radius 1 is 1.05 bits per heavy atom. The molecule has 1 aliphatic carbocycles. The van der Waals surface area contributed by atoms with Gasteiger partial charge in [0.15, 0.2) is 0 Å². The van der Waals surface area contributed by atoms with Gasteiger partial charge in [0.2, 0.25) is 11.8 Å². The molecule has 4 nitrogen and oxygen atoms in total. The van der Waals surface area contributed by atoms with Gasteiger partial charge in [-0.05, 0) is 38.8 Å². The van der Waals surface area contributed by atoms with Crippen LogP contribution in [0.3, 0.4) is 0 Å². The molecule has 0 spiro atoms. The second-order valence-electron chi connectivity index (χ2n) is 5.90. The number of amides is 2. The number of carbonyl (C=O) groups excluding carboxylic acids is 2. The lowest BCUT2D eigenvalue weighted by Gasteiger charge is -2.23. The maximum absolute atomic E-state index is 12.6. The largest absolute Gasteiger partial charge is 0.497 e. The Kier molecular flexibility index (Phi) is 3.32. The molecule has 0 unspecified atom stereocenters. The van der Waals surface area contributed by atoms with Crippen LogP contribution >= 0.6 is 0 Å². The molecular formula is C17H19NO3. The van der Waals surface area contributed by atoms with Gasteiger partial charge in [-0.25, -0.2) is 4.90 Å². The fourth-order valence-electron chi connectivity index (χ4n) is 3.26. The van der Waals surface area contributed by atoms with Crippen molar-refractivity contribution < 1.29 is 14.3 Å². The molecule has 1 aromatic rings. The van der Waals surface area contributed by atoms with Gasteiger partial charge >= 0.3 is 0 Å². The molecule has 1 saturated heterocycles. The van der Waals surface area contributed by atoms with E-state index in [2.05, 4.69) is 13.8 Å². The highest BCUT2D eigenvalue weighted by Gasteiger charge is 2.49. The van der Waals surface area contributed by atoms with Crippen molar-refractivity contribution in [1.29, 1.82) is 0 Å². The van der Waals surface area contributed by atoms with Gasteiger partial charge in [-0.15, -0.1) is 0 Å². The minimum absolute atomic E-state index is 0.0786. The van der Waals surface area contributed by atoms with Crippen molar-refractivity contribution in [2.45, 2.75) is 26.7 Å². The fourth-order valence-corrected chi connectivity index (χ4v) is 3.26. The number of carbonyl (C=O) groups is 2. The van der Waals surface area contributed by atoms with E-state index in [1.807, 2.05) is 0 Å². The van der Waals surface area contributed by atoms with Crippen LogP contribution in [0.2, 0.25) is 0 Å². The molecule has 1 heterocycles. The molecular weight excluding hydrogens is 266 g/mol. The molecule has 0 saturated carbocycles. The standard InChI is InChI=1S/C17H19NO3/c1-10-7-14-15(8-11(10)2)17(20)18(16(14)19)12-5-4-6-13(9-12)21-3/h4-6,9,14-15H,7-8H2,1-3H3/t14-,15-/m0/s1. The average Bonchev–Trinajstić information content (AvgIpc) is 2.71. The summed E-state index contributed by atoms with van der Waals surface area (Å²) in [6, 6.07) is 7.12. The van der Waals surface area contributed by atoms with E-state index in [1.54, 1.807) is 31.4 Å². The third-order valence-electron chi connectivity index (χ3n) is 4.65. The summed E-state index contributed by atoms with van der Waals surface area (Å²) >= 11 is 0. The number of rotatable bonds is 2. The van der Waals surface area contributed by atoms with E-state index in [0.717, 1.165) is 0 Å². The molecule has 0 N–H and O–H groups in total. The maximum atomic E-state index is 12.6. The molecule has 2 atom stereocenters. The van der Waals surface area contributed by atoms with E-state index in [-0.39, 0.29) is 23.7 Å². The van der Waals surface area contributed by atoms with Crippen molar-refractivity contribution >= 4 is 17.5 Å². The van der Waals surface area contributed by atoms with Crippen LogP contribution in [0, 0.1) is 11.8 Å². The number of hydrogen-bond acceptors (Lipinski definition) is 3. The van der Waals surface area contributed by atoms with Gasteiger partial charge in [0.1, 0.15) is 5.75 Å². The Bertz CT molecular complexity index is 615. The van der Waals surface area contributed by atoms with Gasteiger partial charge in [0, 0.05) is 6.07 Å². The molecule has 1 aromatic carbocycles. The third-order valence-corrected chi connectivity index (χ3v) is 4.65. The summed E-state index contributed by atoms with van der Waals surface area (Å²) in [4.78, 5) is 26.6. The summed E-state index contributed by atoms with van der Waals surface area (Å²) in [5, 5.41) is 0. The Labute approximate surface area is 124 Å². The second kappa shape index (κ2) is 5.02. The first-order valence-electron chi connectivity index (χ1n) is 7.20. The number of nitrogens with zero attached hydrogens (tertiary/aromatic N) is 1. The van der Waals surface area contributed by atoms with Crippen molar-refractivity contribution in [3.8, 4) is 5.75 Å². The van der Waals surface area contributed by atoms with E-state index in [4.69, 9.17) is 4.74 Å². The summed E-state index contributed by atoms with van der Waals surface area (Å²) < 4.78 is 5.18. The molecule has 1 fully saturated rings. The minimum atomic E-state index is -0.201. The first kappa shape index (κ1) is 13.9. The molecule has 110 valence electrons. The normalized spacial score (nSPS) is 25.4. The summed E-state index contributed by atoms with van der Waals surface area (Å²) in [5.41, 5.74) is 3.09. The lowest BCUT2D eigenvalue weighted by molar-refractivity contribution is -0.122. The van der Waals surface area contributed by atoms with Crippen molar-refractivity contribution in [3.05, 3.63) is 35.4 Å². The topological polar surface area (TPSA) is 46.6 Å². The van der Waals surface area contributed by atoms with Crippen LogP contribution in [0.1, 0.15) is 26.7 Å². The van der Waals surface area contributed by atoms with Crippen LogP contribution in [0.4, 0.5) is 5.69 Å². The number of allylic oxidation sites excluding steroid dienone is 2. The van der Waals surface area contributed by atoms with Crippen LogP contribution in [0.5, 0.6) is 5.75 Å². The smallest absolute Gasteiger partial charge is 0.238 e. The zero-order valence-electron chi connectivity index (χ0n) is 12.6. The number of hydrogen-bond donors (Lipinski definition) is 0. The zero-order valence-corrected chi connectivity index (χ0v) is 12.6. The molecule has 3 rings (SSSR count). The van der Waals surface area contributed by atoms with E-state index in [0.29, 0.717) is 24.3 Å². The highest BCUT2D eigenvalue weighted by molar-refractivity contribution is 6.22. The van der Waals surface area contributed by atoms with Crippen molar-refractivity contribution in [2.24, 2.45) is 11.8 Å². The van der Waals surface area contributed by atoms with Crippen LogP contribution in [0.25, 0.3) is 0 Å². The Morgan fingerprint density at radius 3 is 2.14 bits per heavy atom. The number of methoxy groups -OCH3 is 1. The van der Waals surface area contributed by atoms with Gasteiger partial charge in [0.25, 0.3) is 0 Å². The summed E-state index contributed by atoms with van der Waals surface area (Å²) in [6.07, 6.45) is 1.39. The van der Waals surface area contributed by atoms with Crippen LogP contribution in [0.15, 0.2) is 35.4 Å². The summed E-state index contributed by atoms with van der Waals surface area (Å²) in [6.45, 7) is 4.11. The Morgan fingerprint density at radius 2 is 1.62 bits per heavy atom. The Hall–Kier alpha value is -2.10. The number of ether oxygens (including phenoxy) is 1. The van der Waals surface area contributed by atoms with Crippen LogP contribution < -0.4 is 9.64 Å². The molecule has 0 bridgehead atoms. The molecule has 0 aromatic heterocycles. The average molecular weight is 285 g/mol. The van der Waals surface area contributed by atoms with Gasteiger partial charge in [0.05, 0.1) is 24.6 Å². The van der Waals surface area contributed by atoms with Crippen LogP contribution in [-0.4, -0.2) is 18.9 Å². The molecule has 0 radical (unpaired) electrons. The van der Waals surface area contributed by atoms with E-state index >= 15 is 0 Å². The summed E-state index contributed by atoms with van der Waals surface area (Å²) in [7, 11) is 1.57. The first-order valence-corrected chi connectivity index (χ1v) is 7.20. The third kappa shape index (κ3) is 2.15. The lowest BCUT2D eigenvalue weighted by atomic mass is 9.78. The van der Waals surface area contributed by atoms with E-state index in [1.165, 1.54) is 16.0 Å². The van der Waals surface area contributed by atoms with Gasteiger partial charge in [-0.1, -0.05) is 17.2 Å². The highest BCUT2D eigenvalue weighted by Crippen LogP contribution is 2.42. The number of anilines is 1. The van der Waals surface area contributed by atoms with E-state index in [9.17, 15) is 9.59 Å². The van der Waals surface area contributed by atoms with Crippen molar-refractivity contribution in [1.82, 2.24) is 0 Å². The number of imide groups is 1. The Balaban J connectivity index is 1.96. The molecule has 2 aliphatic rings. The number of fused-ring (bicyclic) bond motifs is 1. The molecule has 21 heavy (non-hydrogen) atoms. The lowest BCUT2D eigenvalue weighted by Crippen LogP contribution is -2.30. The van der Waals surface area contributed by atoms with Gasteiger partial charge in [-0.2, -0.15) is 0 Å². The quantitative estimate of drug-likeness (QED) is 0.620. The fraction of sp³-hybridized carbons (Fsp3) is 0.412. The molecule has 1 aliphatic heterocycles. The predicted octanol–water partition coefficient (Wildman–Crippen LogP) is 2.93. The zero-order chi connectivity index (χ0) is 15.1. The van der Waals surface area contributed by atoms with Crippen molar-refractivity contribution in [3.63, 3.8) is 0 Å². The van der Waals surface area contributed by atoms with Crippen LogP contribution in [-0.2, 0) is 9.59 Å². The second-order valence-corrected chi connectivity index (χ2v) is 5.90.